The van der Waals surface area contributed by atoms with Crippen LogP contribution < -0.4 is 14.5 Å². The van der Waals surface area contributed by atoms with E-state index in [2.05, 4.69) is 264 Å². The number of hydrogen-bond acceptors (Lipinski definition) is 4. The van der Waals surface area contributed by atoms with Crippen LogP contribution in [0.15, 0.2) is 152 Å². The lowest BCUT2D eigenvalue weighted by Crippen LogP contribution is -2.24. The number of hydrogen-bond donors (Lipinski definition) is 0. The first kappa shape index (κ1) is 51.4. The van der Waals surface area contributed by atoms with Crippen molar-refractivity contribution in [3.8, 4) is 39.6 Å². The Kier molecular flexibility index (Phi) is 13.8. The van der Waals surface area contributed by atoms with Gasteiger partial charge < -0.3 is 14.5 Å². The molecular formula is C70H78N4O. The molecule has 0 bridgehead atoms. The fraction of sp³-hybridized carbons (Fsp3) is 0.329. The molecule has 0 spiro atoms. The maximum absolute atomic E-state index is 7.25. The third kappa shape index (κ3) is 9.76. The number of nitrogens with zero attached hydrogens (tertiary/aromatic N) is 4. The molecule has 5 nitrogen and oxygen atoms in total. The summed E-state index contributed by atoms with van der Waals surface area (Å²) in [5.41, 5.74) is 21.5. The third-order valence-corrected chi connectivity index (χ3v) is 15.7. The first-order valence-electron chi connectivity index (χ1n) is 27.7. The molecule has 1 aliphatic heterocycles. The van der Waals surface area contributed by atoms with E-state index in [0.717, 1.165) is 50.7 Å². The largest absolute Gasteiger partial charge is 0.457 e. The molecule has 0 saturated heterocycles. The predicted octanol–water partition coefficient (Wildman–Crippen LogP) is 20.6. The SMILES string of the molecule is CC(C)c1cc(C(C)C)c(-c2cccc(N3CN(c4cc(Oc5ccc6c7ccccc7n(-c7cc(C(C)(C)C)ccn7)c6c5)cc(-c5c(C(C)C)cc(C(C)C)cc5C(C)C)c4)c4ccccc43)c2)c(C(C)C)c1. The van der Waals surface area contributed by atoms with Crippen molar-refractivity contribution in [2.75, 3.05) is 16.5 Å². The van der Waals surface area contributed by atoms with Gasteiger partial charge in [0.25, 0.3) is 0 Å². The molecule has 1 aliphatic rings. The van der Waals surface area contributed by atoms with Gasteiger partial charge in [0.2, 0.25) is 0 Å². The Labute approximate surface area is 448 Å². The lowest BCUT2D eigenvalue weighted by Gasteiger charge is -2.27. The zero-order valence-electron chi connectivity index (χ0n) is 47.3. The summed E-state index contributed by atoms with van der Waals surface area (Å²) < 4.78 is 9.55. The molecular weight excluding hydrogens is 913 g/mol. The minimum atomic E-state index is -0.0283. The highest BCUT2D eigenvalue weighted by molar-refractivity contribution is 6.09. The second-order valence-electron chi connectivity index (χ2n) is 24.1. The van der Waals surface area contributed by atoms with Crippen LogP contribution in [0.3, 0.4) is 0 Å². The summed E-state index contributed by atoms with van der Waals surface area (Å²) in [6, 6.07) is 54.6. The minimum absolute atomic E-state index is 0.0283. The highest BCUT2D eigenvalue weighted by atomic mass is 16.5. The number of benzene rings is 7. The molecule has 0 fully saturated rings. The zero-order valence-corrected chi connectivity index (χ0v) is 47.3. The molecule has 9 aromatic rings. The number of aromatic nitrogens is 2. The van der Waals surface area contributed by atoms with Crippen LogP contribution in [0.2, 0.25) is 0 Å². The standard InChI is InChI=1S/C70H78N4O/c1-42(2)49-34-59(44(5)6)68(60(35-49)45(7)8)48-21-20-22-53(31-48)72-41-73(65-26-19-18-25-64(65)72)54-32-51(69-61(46(9)10)36-50(43(3)4)37-62(69)47(11)12)33-56(39-54)75-55-27-28-58-57-23-16-17-24-63(57)74(66(58)40-55)67-38-52(29-30-71-67)70(13,14)15/h16-40,42-47H,41H2,1-15H3. The smallest absolute Gasteiger partial charge is 0.137 e. The molecule has 5 heteroatoms. The summed E-state index contributed by atoms with van der Waals surface area (Å²) in [6.07, 6.45) is 1.94. The monoisotopic (exact) mass is 991 g/mol. The zero-order chi connectivity index (χ0) is 53.2. The minimum Gasteiger partial charge on any atom is -0.457 e. The van der Waals surface area contributed by atoms with Crippen LogP contribution >= 0.6 is 0 Å². The number of ether oxygens (including phenoxy) is 1. The van der Waals surface area contributed by atoms with Gasteiger partial charge in [0.1, 0.15) is 24.0 Å². The molecule has 384 valence electrons. The molecule has 10 rings (SSSR count). The van der Waals surface area contributed by atoms with Gasteiger partial charge in [-0.25, -0.2) is 4.98 Å². The summed E-state index contributed by atoms with van der Waals surface area (Å²) in [5, 5.41) is 2.35. The van der Waals surface area contributed by atoms with E-state index in [4.69, 9.17) is 9.72 Å². The van der Waals surface area contributed by atoms with Crippen molar-refractivity contribution >= 4 is 44.6 Å². The van der Waals surface area contributed by atoms with E-state index in [1.54, 1.807) is 0 Å². The van der Waals surface area contributed by atoms with Gasteiger partial charge in [-0.3, -0.25) is 4.57 Å². The van der Waals surface area contributed by atoms with Crippen LogP contribution in [0.1, 0.15) is 178 Å². The highest BCUT2D eigenvalue weighted by Crippen LogP contribution is 2.49. The summed E-state index contributed by atoms with van der Waals surface area (Å²) in [4.78, 5) is 9.95. The van der Waals surface area contributed by atoms with Crippen molar-refractivity contribution in [3.05, 3.63) is 191 Å². The summed E-state index contributed by atoms with van der Waals surface area (Å²) in [6.45, 7) is 35.4. The molecule has 3 heterocycles. The van der Waals surface area contributed by atoms with Gasteiger partial charge in [0.15, 0.2) is 0 Å². The van der Waals surface area contributed by atoms with Gasteiger partial charge in [-0.2, -0.15) is 0 Å². The van der Waals surface area contributed by atoms with Crippen molar-refractivity contribution in [1.29, 1.82) is 0 Å². The van der Waals surface area contributed by atoms with E-state index < -0.39 is 0 Å². The molecule has 0 unspecified atom stereocenters. The van der Waals surface area contributed by atoms with E-state index in [1.165, 1.54) is 72.4 Å². The molecule has 75 heavy (non-hydrogen) atoms. The van der Waals surface area contributed by atoms with Crippen LogP contribution in [0.4, 0.5) is 22.7 Å². The first-order chi connectivity index (χ1) is 35.8. The van der Waals surface area contributed by atoms with Crippen LogP contribution in [0, 0.1) is 0 Å². The van der Waals surface area contributed by atoms with Crippen LogP contribution in [-0.2, 0) is 5.41 Å². The Hall–Kier alpha value is -7.11. The number of rotatable bonds is 13. The maximum atomic E-state index is 7.25. The number of pyridine rings is 1. The first-order valence-corrected chi connectivity index (χ1v) is 27.7. The second-order valence-corrected chi connectivity index (χ2v) is 24.1. The predicted molar refractivity (Wildman–Crippen MR) is 321 cm³/mol. The Balaban J connectivity index is 1.13. The van der Waals surface area contributed by atoms with E-state index in [-0.39, 0.29) is 5.41 Å². The number of fused-ring (bicyclic) bond motifs is 4. The topological polar surface area (TPSA) is 33.5 Å². The average Bonchev–Trinajstić information content (AvgIpc) is 3.94. The molecule has 0 radical (unpaired) electrons. The summed E-state index contributed by atoms with van der Waals surface area (Å²) in [7, 11) is 0. The van der Waals surface area contributed by atoms with E-state index in [9.17, 15) is 0 Å². The maximum Gasteiger partial charge on any atom is 0.137 e. The van der Waals surface area contributed by atoms with E-state index in [0.29, 0.717) is 42.2 Å². The van der Waals surface area contributed by atoms with Gasteiger partial charge in [-0.1, -0.05) is 171 Å². The number of para-hydroxylation sites is 3. The average molecular weight is 991 g/mol. The summed E-state index contributed by atoms with van der Waals surface area (Å²) >= 11 is 0. The second kappa shape index (κ2) is 20.2. The third-order valence-electron chi connectivity index (χ3n) is 15.7. The van der Waals surface area contributed by atoms with Crippen molar-refractivity contribution in [2.24, 2.45) is 0 Å². The van der Waals surface area contributed by atoms with Gasteiger partial charge in [-0.15, -0.1) is 0 Å². The Morgan fingerprint density at radius 3 is 1.55 bits per heavy atom. The Morgan fingerprint density at radius 2 is 0.973 bits per heavy atom. The highest BCUT2D eigenvalue weighted by Gasteiger charge is 2.31. The van der Waals surface area contributed by atoms with Crippen molar-refractivity contribution in [2.45, 2.75) is 145 Å². The van der Waals surface area contributed by atoms with Gasteiger partial charge in [-0.05, 0) is 169 Å². The molecule has 0 aliphatic carbocycles. The van der Waals surface area contributed by atoms with E-state index in [1.807, 2.05) is 6.20 Å². The molecule has 0 N–H and O–H groups in total. The number of anilines is 4. The Bertz CT molecular complexity index is 3520. The quantitative estimate of drug-likeness (QED) is 0.115. The van der Waals surface area contributed by atoms with Crippen LogP contribution in [-0.4, -0.2) is 16.2 Å². The fourth-order valence-corrected chi connectivity index (χ4v) is 11.4. The van der Waals surface area contributed by atoms with Crippen LogP contribution in [0.25, 0.3) is 49.9 Å². The van der Waals surface area contributed by atoms with Gasteiger partial charge in [0.05, 0.1) is 22.4 Å². The molecule has 0 amide bonds. The normalized spacial score (nSPS) is 13.1. The Morgan fingerprint density at radius 1 is 0.440 bits per heavy atom. The molecule has 0 saturated carbocycles. The van der Waals surface area contributed by atoms with Gasteiger partial charge in [0, 0.05) is 40.5 Å². The lowest BCUT2D eigenvalue weighted by atomic mass is 9.81. The van der Waals surface area contributed by atoms with E-state index >= 15 is 0 Å². The fourth-order valence-electron chi connectivity index (χ4n) is 11.4. The van der Waals surface area contributed by atoms with Crippen molar-refractivity contribution in [3.63, 3.8) is 0 Å². The summed E-state index contributed by atoms with van der Waals surface area (Å²) in [5.74, 6) is 4.72. The molecule has 0 atom stereocenters. The van der Waals surface area contributed by atoms with Crippen molar-refractivity contribution in [1.82, 2.24) is 9.55 Å². The van der Waals surface area contributed by atoms with Gasteiger partial charge >= 0.3 is 0 Å². The van der Waals surface area contributed by atoms with Crippen LogP contribution in [0.5, 0.6) is 11.5 Å². The van der Waals surface area contributed by atoms with Crippen molar-refractivity contribution < 1.29 is 4.74 Å². The lowest BCUT2D eigenvalue weighted by molar-refractivity contribution is 0.483. The molecule has 7 aromatic carbocycles. The molecule has 2 aromatic heterocycles.